The molecule has 0 radical (unpaired) electrons. The number of carbonyl (C=O) groups is 1. The first-order valence-electron chi connectivity index (χ1n) is 7.10. The van der Waals surface area contributed by atoms with E-state index in [1.165, 1.54) is 23.1 Å². The molecule has 1 fully saturated rings. The third kappa shape index (κ3) is 6.16. The summed E-state index contributed by atoms with van der Waals surface area (Å²) >= 11 is 2.90. The van der Waals surface area contributed by atoms with Crippen LogP contribution in [-0.2, 0) is 9.53 Å². The van der Waals surface area contributed by atoms with E-state index in [9.17, 15) is 4.79 Å². The topological polar surface area (TPSA) is 80.6 Å². The van der Waals surface area contributed by atoms with Crippen LogP contribution in [0.25, 0.3) is 0 Å². The zero-order chi connectivity index (χ0) is 14.9. The summed E-state index contributed by atoms with van der Waals surface area (Å²) in [6, 6.07) is 0. The molecule has 2 heterocycles. The van der Waals surface area contributed by atoms with Gasteiger partial charge in [0.2, 0.25) is 11.0 Å². The molecule has 2 rings (SSSR count). The summed E-state index contributed by atoms with van der Waals surface area (Å²) in [6.45, 7) is 6.04. The lowest BCUT2D eigenvalue weighted by Gasteiger charge is -2.23. The molecule has 0 unspecified atom stereocenters. The van der Waals surface area contributed by atoms with Gasteiger partial charge in [0.25, 0.3) is 0 Å². The first kappa shape index (κ1) is 16.5. The van der Waals surface area contributed by atoms with Gasteiger partial charge in [-0.1, -0.05) is 23.1 Å². The van der Waals surface area contributed by atoms with Crippen molar-refractivity contribution in [3.8, 4) is 0 Å². The lowest BCUT2D eigenvalue weighted by molar-refractivity contribution is -0.908. The van der Waals surface area contributed by atoms with Crippen molar-refractivity contribution in [2.75, 3.05) is 57.5 Å². The quantitative estimate of drug-likeness (QED) is 0.423. The van der Waals surface area contributed by atoms with Gasteiger partial charge in [0.05, 0.1) is 25.5 Å². The molecule has 0 aliphatic carbocycles. The van der Waals surface area contributed by atoms with Gasteiger partial charge >= 0.3 is 0 Å². The molecule has 118 valence electrons. The molecule has 0 aromatic carbocycles. The molecule has 1 aliphatic heterocycles. The van der Waals surface area contributed by atoms with Gasteiger partial charge in [-0.05, 0) is 0 Å². The second-order valence-electron chi connectivity index (χ2n) is 4.73. The minimum atomic E-state index is -0.00167. The Hall–Kier alpha value is -0.900. The zero-order valence-corrected chi connectivity index (χ0v) is 13.8. The summed E-state index contributed by atoms with van der Waals surface area (Å²) in [4.78, 5) is 12.8. The minimum Gasteiger partial charge on any atom is -0.370 e. The summed E-state index contributed by atoms with van der Waals surface area (Å²) in [7, 11) is 1.63. The Morgan fingerprint density at radius 1 is 1.43 bits per heavy atom. The van der Waals surface area contributed by atoms with E-state index < -0.39 is 0 Å². The number of amides is 1. The standard InChI is InChI=1S/C12H21N5O2S2/c1-13-10(18)9-20-12-16-15-11(21-12)14-3-2-4-17-5-7-19-8-6-17/h2-9H2,1H3,(H,13,18)(H,14,15)/p+1. The number of anilines is 1. The molecule has 21 heavy (non-hydrogen) atoms. The van der Waals surface area contributed by atoms with Gasteiger partial charge in [0.15, 0.2) is 4.34 Å². The molecule has 0 spiro atoms. The number of hydrogen-bond donors (Lipinski definition) is 3. The number of carbonyl (C=O) groups excluding carboxylic acids is 1. The Kier molecular flexibility index (Phi) is 7.20. The summed E-state index contributed by atoms with van der Waals surface area (Å²) in [6.07, 6.45) is 1.11. The SMILES string of the molecule is CNC(=O)CSc1nnc(NCCC[NH+]2CCOCC2)s1. The maximum atomic E-state index is 11.2. The van der Waals surface area contributed by atoms with Crippen LogP contribution in [0, 0.1) is 0 Å². The number of nitrogens with one attached hydrogen (secondary N) is 3. The van der Waals surface area contributed by atoms with E-state index >= 15 is 0 Å². The second-order valence-corrected chi connectivity index (χ2v) is 6.93. The van der Waals surface area contributed by atoms with E-state index in [1.54, 1.807) is 11.9 Å². The highest BCUT2D eigenvalue weighted by molar-refractivity contribution is 8.01. The summed E-state index contributed by atoms with van der Waals surface area (Å²) in [5, 5.41) is 14.8. The van der Waals surface area contributed by atoms with Crippen LogP contribution in [0.3, 0.4) is 0 Å². The van der Waals surface area contributed by atoms with Gasteiger partial charge in [0.1, 0.15) is 13.1 Å². The van der Waals surface area contributed by atoms with E-state index in [0.29, 0.717) is 5.75 Å². The van der Waals surface area contributed by atoms with E-state index in [1.807, 2.05) is 0 Å². The monoisotopic (exact) mass is 332 g/mol. The highest BCUT2D eigenvalue weighted by Gasteiger charge is 2.13. The summed E-state index contributed by atoms with van der Waals surface area (Å²) in [5.41, 5.74) is 0. The molecule has 1 aromatic rings. The third-order valence-electron chi connectivity index (χ3n) is 3.20. The predicted octanol–water partition coefficient (Wildman–Crippen LogP) is -0.907. The van der Waals surface area contributed by atoms with E-state index in [2.05, 4.69) is 20.8 Å². The van der Waals surface area contributed by atoms with Crippen LogP contribution in [0.4, 0.5) is 5.13 Å². The zero-order valence-electron chi connectivity index (χ0n) is 12.2. The van der Waals surface area contributed by atoms with Crippen LogP contribution < -0.4 is 15.5 Å². The van der Waals surface area contributed by atoms with E-state index in [4.69, 9.17) is 4.74 Å². The van der Waals surface area contributed by atoms with Crippen molar-refractivity contribution in [2.24, 2.45) is 0 Å². The Labute approximate surface area is 132 Å². The van der Waals surface area contributed by atoms with Crippen molar-refractivity contribution >= 4 is 34.1 Å². The molecule has 1 aliphatic rings. The average Bonchev–Trinajstić information content (AvgIpc) is 2.98. The average molecular weight is 332 g/mol. The van der Waals surface area contributed by atoms with Crippen molar-refractivity contribution in [1.82, 2.24) is 15.5 Å². The molecule has 0 saturated carbocycles. The highest BCUT2D eigenvalue weighted by atomic mass is 32.2. The maximum Gasteiger partial charge on any atom is 0.230 e. The fraction of sp³-hybridized carbons (Fsp3) is 0.750. The van der Waals surface area contributed by atoms with Gasteiger partial charge < -0.3 is 20.3 Å². The van der Waals surface area contributed by atoms with E-state index in [-0.39, 0.29) is 5.91 Å². The lowest BCUT2D eigenvalue weighted by Crippen LogP contribution is -3.14. The van der Waals surface area contributed by atoms with Crippen molar-refractivity contribution in [3.05, 3.63) is 0 Å². The molecule has 9 heteroatoms. The minimum absolute atomic E-state index is 0.00167. The molecule has 0 atom stereocenters. The van der Waals surface area contributed by atoms with Crippen LogP contribution in [0.15, 0.2) is 4.34 Å². The van der Waals surface area contributed by atoms with Gasteiger partial charge in [-0.2, -0.15) is 0 Å². The van der Waals surface area contributed by atoms with Crippen LogP contribution >= 0.6 is 23.1 Å². The number of thioether (sulfide) groups is 1. The normalized spacial score (nSPS) is 15.9. The smallest absolute Gasteiger partial charge is 0.230 e. The predicted molar refractivity (Wildman–Crippen MR) is 84.2 cm³/mol. The molecule has 7 nitrogen and oxygen atoms in total. The Morgan fingerprint density at radius 3 is 3.00 bits per heavy atom. The molecular weight excluding hydrogens is 310 g/mol. The fourth-order valence-corrected chi connectivity index (χ4v) is 3.63. The van der Waals surface area contributed by atoms with Crippen LogP contribution in [0.2, 0.25) is 0 Å². The van der Waals surface area contributed by atoms with Crippen LogP contribution in [0.5, 0.6) is 0 Å². The first-order chi connectivity index (χ1) is 10.3. The Balaban J connectivity index is 1.60. The van der Waals surface area contributed by atoms with Crippen LogP contribution in [0.1, 0.15) is 6.42 Å². The maximum absolute atomic E-state index is 11.2. The number of morpholine rings is 1. The molecule has 3 N–H and O–H groups in total. The summed E-state index contributed by atoms with van der Waals surface area (Å²) in [5.74, 6) is 0.379. The molecule has 0 bridgehead atoms. The number of rotatable bonds is 8. The number of aromatic nitrogens is 2. The Morgan fingerprint density at radius 2 is 2.24 bits per heavy atom. The molecular formula is C12H22N5O2S2+. The first-order valence-corrected chi connectivity index (χ1v) is 8.90. The summed E-state index contributed by atoms with van der Waals surface area (Å²) < 4.78 is 6.16. The van der Waals surface area contributed by atoms with Crippen LogP contribution in [-0.4, -0.2) is 68.3 Å². The number of nitrogens with zero attached hydrogens (tertiary/aromatic N) is 2. The van der Waals surface area contributed by atoms with Gasteiger partial charge in [0, 0.05) is 20.0 Å². The molecule has 1 aromatic heterocycles. The molecule has 1 saturated heterocycles. The van der Waals surface area contributed by atoms with Gasteiger partial charge in [-0.25, -0.2) is 0 Å². The fourth-order valence-electron chi connectivity index (χ4n) is 1.98. The number of ether oxygens (including phenoxy) is 1. The second kappa shape index (κ2) is 9.19. The van der Waals surface area contributed by atoms with Crippen molar-refractivity contribution < 1.29 is 14.4 Å². The van der Waals surface area contributed by atoms with Gasteiger partial charge in [-0.15, -0.1) is 10.2 Å². The Bertz CT molecular complexity index is 437. The largest absolute Gasteiger partial charge is 0.370 e. The highest BCUT2D eigenvalue weighted by Crippen LogP contribution is 2.24. The van der Waals surface area contributed by atoms with Gasteiger partial charge in [-0.3, -0.25) is 4.79 Å². The van der Waals surface area contributed by atoms with Crippen molar-refractivity contribution in [3.63, 3.8) is 0 Å². The number of quaternary nitrogens is 1. The third-order valence-corrected chi connectivity index (χ3v) is 5.21. The van der Waals surface area contributed by atoms with E-state index in [0.717, 1.165) is 55.3 Å². The van der Waals surface area contributed by atoms with Crippen molar-refractivity contribution in [2.45, 2.75) is 10.8 Å². The number of hydrogen-bond acceptors (Lipinski definition) is 7. The molecule has 1 amide bonds. The van der Waals surface area contributed by atoms with Crippen molar-refractivity contribution in [1.29, 1.82) is 0 Å². The lowest BCUT2D eigenvalue weighted by atomic mass is 10.3.